The topological polar surface area (TPSA) is 90.4 Å². The van der Waals surface area contributed by atoms with Gasteiger partial charge in [0, 0.05) is 19.1 Å². The molecule has 0 spiro atoms. The molecule has 0 heterocycles. The van der Waals surface area contributed by atoms with Crippen molar-refractivity contribution >= 4 is 30.9 Å². The predicted octanol–water partition coefficient (Wildman–Crippen LogP) is 2.21. The Kier molecular flexibility index (Phi) is 14.8. The first kappa shape index (κ1) is 22.3. The van der Waals surface area contributed by atoms with Gasteiger partial charge in [-0.25, -0.2) is 4.79 Å². The Bertz CT molecular complexity index is 366. The number of unbranched alkanes of at least 4 members (excludes halogenated alkanes) is 1. The van der Waals surface area contributed by atoms with E-state index in [-0.39, 0.29) is 36.9 Å². The summed E-state index contributed by atoms with van der Waals surface area (Å²) >= 11 is 0. The summed E-state index contributed by atoms with van der Waals surface area (Å²) in [6.45, 7) is 1.40. The molecule has 0 bridgehead atoms. The minimum atomic E-state index is -0.382. The highest BCUT2D eigenvalue weighted by Gasteiger charge is 2.02. The first-order valence-corrected chi connectivity index (χ1v) is 6.62. The summed E-state index contributed by atoms with van der Waals surface area (Å²) in [5.41, 5.74) is 12.1. The zero-order chi connectivity index (χ0) is 13.9. The fourth-order valence-electron chi connectivity index (χ4n) is 1.61. The van der Waals surface area contributed by atoms with E-state index >= 15 is 0 Å². The summed E-state index contributed by atoms with van der Waals surface area (Å²) in [6, 6.07) is 9.65. The minimum absolute atomic E-state index is 0. The third-order valence-corrected chi connectivity index (χ3v) is 2.79. The number of nitrogens with one attached hydrogen (secondary N) is 1. The van der Waals surface area contributed by atoms with Gasteiger partial charge in [-0.3, -0.25) is 0 Å². The lowest BCUT2D eigenvalue weighted by Crippen LogP contribution is -2.30. The number of amides is 1. The number of rotatable bonds is 8. The zero-order valence-corrected chi connectivity index (χ0v) is 13.6. The Morgan fingerprint density at radius 2 is 1.86 bits per heavy atom. The summed E-state index contributed by atoms with van der Waals surface area (Å²) in [5.74, 6) is 0. The third kappa shape index (κ3) is 11.3. The SMILES string of the molecule is Cl.Cl.NC[C@H](N)CCCCNC(=O)OCc1ccccc1. The van der Waals surface area contributed by atoms with E-state index in [0.717, 1.165) is 24.8 Å². The molecule has 0 saturated carbocycles. The van der Waals surface area contributed by atoms with E-state index in [1.165, 1.54) is 0 Å². The zero-order valence-electron chi connectivity index (χ0n) is 12.0. The van der Waals surface area contributed by atoms with Gasteiger partial charge in [0.25, 0.3) is 0 Å². The van der Waals surface area contributed by atoms with E-state index in [9.17, 15) is 4.79 Å². The fraction of sp³-hybridized carbons (Fsp3) is 0.500. The molecular weight excluding hydrogens is 313 g/mol. The average molecular weight is 338 g/mol. The molecule has 0 aromatic heterocycles. The van der Waals surface area contributed by atoms with Gasteiger partial charge in [0.2, 0.25) is 0 Å². The minimum Gasteiger partial charge on any atom is -0.445 e. The number of hydrogen-bond donors (Lipinski definition) is 3. The lowest BCUT2D eigenvalue weighted by atomic mass is 10.1. The summed E-state index contributed by atoms with van der Waals surface area (Å²) in [5, 5.41) is 2.71. The molecule has 5 nitrogen and oxygen atoms in total. The van der Waals surface area contributed by atoms with Crippen LogP contribution in [-0.4, -0.2) is 25.2 Å². The molecule has 122 valence electrons. The average Bonchev–Trinajstić information content (AvgIpc) is 2.45. The Morgan fingerprint density at radius 1 is 1.19 bits per heavy atom. The van der Waals surface area contributed by atoms with Crippen LogP contribution in [0.1, 0.15) is 24.8 Å². The van der Waals surface area contributed by atoms with Crippen LogP contribution in [0.2, 0.25) is 0 Å². The van der Waals surface area contributed by atoms with Crippen molar-refractivity contribution in [3.05, 3.63) is 35.9 Å². The van der Waals surface area contributed by atoms with Crippen LogP contribution in [-0.2, 0) is 11.3 Å². The van der Waals surface area contributed by atoms with Crippen molar-refractivity contribution in [2.24, 2.45) is 11.5 Å². The van der Waals surface area contributed by atoms with Crippen LogP contribution >= 0.6 is 24.8 Å². The van der Waals surface area contributed by atoms with Gasteiger partial charge in [-0.15, -0.1) is 24.8 Å². The lowest BCUT2D eigenvalue weighted by molar-refractivity contribution is 0.139. The molecule has 7 heteroatoms. The number of nitrogens with two attached hydrogens (primary N) is 2. The van der Waals surface area contributed by atoms with Gasteiger partial charge in [-0.2, -0.15) is 0 Å². The lowest BCUT2D eigenvalue weighted by Gasteiger charge is -2.09. The standard InChI is InChI=1S/C14H23N3O2.2ClH/c15-10-13(16)8-4-5-9-17-14(18)19-11-12-6-2-1-3-7-12;;/h1-3,6-7,13H,4-5,8-11,15-16H2,(H,17,18);2*1H/t13-;;/m1../s1. The number of alkyl carbamates (subject to hydrolysis) is 1. The monoisotopic (exact) mass is 337 g/mol. The molecule has 0 aliphatic rings. The van der Waals surface area contributed by atoms with Crippen molar-refractivity contribution in [3.63, 3.8) is 0 Å². The van der Waals surface area contributed by atoms with Crippen LogP contribution in [0.4, 0.5) is 4.79 Å². The first-order chi connectivity index (χ1) is 9.22. The van der Waals surface area contributed by atoms with E-state index < -0.39 is 0 Å². The number of carbonyl (C=O) groups is 1. The number of halogens is 2. The Balaban J connectivity index is 0. The number of hydrogen-bond acceptors (Lipinski definition) is 4. The van der Waals surface area contributed by atoms with E-state index in [0.29, 0.717) is 19.7 Å². The molecule has 1 rings (SSSR count). The highest BCUT2D eigenvalue weighted by atomic mass is 35.5. The number of carbonyl (C=O) groups excluding carboxylic acids is 1. The fourth-order valence-corrected chi connectivity index (χ4v) is 1.61. The maximum atomic E-state index is 11.4. The molecule has 21 heavy (non-hydrogen) atoms. The van der Waals surface area contributed by atoms with Gasteiger partial charge in [0.05, 0.1) is 0 Å². The normalized spacial score (nSPS) is 10.8. The largest absolute Gasteiger partial charge is 0.445 e. The molecule has 0 unspecified atom stereocenters. The third-order valence-electron chi connectivity index (χ3n) is 2.79. The van der Waals surface area contributed by atoms with Crippen LogP contribution in [0, 0.1) is 0 Å². The number of ether oxygens (including phenoxy) is 1. The maximum absolute atomic E-state index is 11.4. The molecular formula is C14H25Cl2N3O2. The van der Waals surface area contributed by atoms with Crippen molar-refractivity contribution < 1.29 is 9.53 Å². The van der Waals surface area contributed by atoms with E-state index in [1.807, 2.05) is 30.3 Å². The van der Waals surface area contributed by atoms with Crippen molar-refractivity contribution in [1.82, 2.24) is 5.32 Å². The van der Waals surface area contributed by atoms with Crippen molar-refractivity contribution in [1.29, 1.82) is 0 Å². The van der Waals surface area contributed by atoms with Gasteiger partial charge in [-0.1, -0.05) is 36.8 Å². The molecule has 0 saturated heterocycles. The molecule has 5 N–H and O–H groups in total. The van der Waals surface area contributed by atoms with E-state index in [1.54, 1.807) is 0 Å². The molecule has 0 radical (unpaired) electrons. The van der Waals surface area contributed by atoms with Crippen LogP contribution in [0.15, 0.2) is 30.3 Å². The summed E-state index contributed by atoms with van der Waals surface area (Å²) in [6.07, 6.45) is 2.34. The van der Waals surface area contributed by atoms with Crippen LogP contribution in [0.25, 0.3) is 0 Å². The van der Waals surface area contributed by atoms with E-state index in [4.69, 9.17) is 16.2 Å². The molecule has 1 amide bonds. The highest BCUT2D eigenvalue weighted by Crippen LogP contribution is 2.01. The maximum Gasteiger partial charge on any atom is 0.407 e. The van der Waals surface area contributed by atoms with Crippen LogP contribution in [0.3, 0.4) is 0 Å². The molecule has 0 aliphatic carbocycles. The number of benzene rings is 1. The Morgan fingerprint density at radius 3 is 2.48 bits per heavy atom. The van der Waals surface area contributed by atoms with Crippen LogP contribution in [0.5, 0.6) is 0 Å². The Hall–Kier alpha value is -1.01. The summed E-state index contributed by atoms with van der Waals surface area (Å²) in [4.78, 5) is 11.4. The molecule has 1 atom stereocenters. The molecule has 1 aromatic carbocycles. The second kappa shape index (κ2) is 13.9. The van der Waals surface area contributed by atoms with Gasteiger partial charge in [0.15, 0.2) is 0 Å². The van der Waals surface area contributed by atoms with Gasteiger partial charge >= 0.3 is 6.09 Å². The van der Waals surface area contributed by atoms with Crippen molar-refractivity contribution in [2.45, 2.75) is 31.9 Å². The molecule has 1 aromatic rings. The van der Waals surface area contributed by atoms with Crippen molar-refractivity contribution in [2.75, 3.05) is 13.1 Å². The molecule has 0 fully saturated rings. The van der Waals surface area contributed by atoms with E-state index in [2.05, 4.69) is 5.32 Å². The summed E-state index contributed by atoms with van der Waals surface area (Å²) < 4.78 is 5.08. The second-order valence-electron chi connectivity index (χ2n) is 4.48. The first-order valence-electron chi connectivity index (χ1n) is 6.62. The van der Waals surface area contributed by atoms with Gasteiger partial charge in [-0.05, 0) is 18.4 Å². The summed E-state index contributed by atoms with van der Waals surface area (Å²) in [7, 11) is 0. The highest BCUT2D eigenvalue weighted by molar-refractivity contribution is 5.85. The van der Waals surface area contributed by atoms with Gasteiger partial charge < -0.3 is 21.5 Å². The quantitative estimate of drug-likeness (QED) is 0.634. The predicted molar refractivity (Wildman–Crippen MR) is 90.0 cm³/mol. The second-order valence-corrected chi connectivity index (χ2v) is 4.48. The van der Waals surface area contributed by atoms with Crippen LogP contribution < -0.4 is 16.8 Å². The Labute approximate surface area is 138 Å². The van der Waals surface area contributed by atoms with Gasteiger partial charge in [0.1, 0.15) is 6.61 Å². The molecule has 0 aliphatic heterocycles. The smallest absolute Gasteiger partial charge is 0.407 e. The van der Waals surface area contributed by atoms with Crippen molar-refractivity contribution in [3.8, 4) is 0 Å².